The van der Waals surface area contributed by atoms with Crippen LogP contribution in [0.4, 0.5) is 0 Å². The molecule has 0 aliphatic carbocycles. The maximum Gasteiger partial charge on any atom is 0.303 e. The molecule has 1 aromatic carbocycles. The first-order valence-electron chi connectivity index (χ1n) is 5.10. The first kappa shape index (κ1) is 13.5. The molecule has 16 heavy (non-hydrogen) atoms. The minimum atomic E-state index is -0.716. The summed E-state index contributed by atoms with van der Waals surface area (Å²) in [5, 5.41) is 8.59. The van der Waals surface area contributed by atoms with E-state index in [0.717, 1.165) is 6.42 Å². The highest BCUT2D eigenvalue weighted by Crippen LogP contribution is 2.27. The Kier molecular flexibility index (Phi) is 5.77. The van der Waals surface area contributed by atoms with E-state index < -0.39 is 5.97 Å². The Labute approximate surface area is 105 Å². The summed E-state index contributed by atoms with van der Waals surface area (Å²) >= 11 is 3.45. The standard InChI is InChI=1S/C12H16O2S2/c1-15-10-7-6-9(11(8-10)16-2)4-3-5-12(13)14/h6-8H,3-5H2,1-2H3,(H,13,14). The van der Waals surface area contributed by atoms with Crippen LogP contribution in [0, 0.1) is 0 Å². The molecule has 0 unspecified atom stereocenters. The molecule has 0 radical (unpaired) electrons. The fourth-order valence-corrected chi connectivity index (χ4v) is 2.68. The Morgan fingerprint density at radius 3 is 2.62 bits per heavy atom. The third-order valence-electron chi connectivity index (χ3n) is 2.33. The third-order valence-corrected chi connectivity index (χ3v) is 3.88. The molecule has 4 heteroatoms. The van der Waals surface area contributed by atoms with Gasteiger partial charge >= 0.3 is 5.97 Å². The van der Waals surface area contributed by atoms with Gasteiger partial charge in [0.2, 0.25) is 0 Å². The van der Waals surface area contributed by atoms with Crippen molar-refractivity contribution in [1.29, 1.82) is 0 Å². The van der Waals surface area contributed by atoms with Gasteiger partial charge < -0.3 is 5.11 Å². The topological polar surface area (TPSA) is 37.3 Å². The van der Waals surface area contributed by atoms with Crippen LogP contribution in [0.3, 0.4) is 0 Å². The predicted molar refractivity (Wildman–Crippen MR) is 70.6 cm³/mol. The van der Waals surface area contributed by atoms with Crippen molar-refractivity contribution in [2.45, 2.75) is 29.1 Å². The quantitative estimate of drug-likeness (QED) is 0.790. The molecule has 1 aromatic rings. The van der Waals surface area contributed by atoms with E-state index in [-0.39, 0.29) is 6.42 Å². The molecule has 88 valence electrons. The Morgan fingerprint density at radius 2 is 2.06 bits per heavy atom. The van der Waals surface area contributed by atoms with Gasteiger partial charge in [-0.25, -0.2) is 0 Å². The number of hydrogen-bond donors (Lipinski definition) is 1. The van der Waals surface area contributed by atoms with E-state index >= 15 is 0 Å². The summed E-state index contributed by atoms with van der Waals surface area (Å²) in [6.45, 7) is 0. The molecule has 0 aromatic heterocycles. The van der Waals surface area contributed by atoms with Crippen molar-refractivity contribution in [3.63, 3.8) is 0 Å². The largest absolute Gasteiger partial charge is 0.481 e. The molecule has 0 atom stereocenters. The number of thioether (sulfide) groups is 2. The van der Waals surface area contributed by atoms with Crippen molar-refractivity contribution < 1.29 is 9.90 Å². The van der Waals surface area contributed by atoms with Crippen LogP contribution in [0.1, 0.15) is 18.4 Å². The summed E-state index contributed by atoms with van der Waals surface area (Å²) in [6.07, 6.45) is 5.92. The van der Waals surface area contributed by atoms with Crippen LogP contribution in [-0.2, 0) is 11.2 Å². The third kappa shape index (κ3) is 4.10. The monoisotopic (exact) mass is 256 g/mol. The molecule has 0 spiro atoms. The zero-order chi connectivity index (χ0) is 12.0. The SMILES string of the molecule is CSc1ccc(CCCC(=O)O)c(SC)c1. The van der Waals surface area contributed by atoms with Crippen molar-refractivity contribution in [1.82, 2.24) is 0 Å². The van der Waals surface area contributed by atoms with Gasteiger partial charge in [0, 0.05) is 16.2 Å². The van der Waals surface area contributed by atoms with E-state index in [1.807, 2.05) is 0 Å². The molecule has 1 rings (SSSR count). The van der Waals surface area contributed by atoms with Crippen molar-refractivity contribution in [3.05, 3.63) is 23.8 Å². The number of aryl methyl sites for hydroxylation is 1. The summed E-state index contributed by atoms with van der Waals surface area (Å²) in [5.41, 5.74) is 1.26. The molecule has 0 saturated heterocycles. The van der Waals surface area contributed by atoms with Crippen LogP contribution in [-0.4, -0.2) is 23.6 Å². The lowest BCUT2D eigenvalue weighted by Gasteiger charge is -2.08. The number of benzene rings is 1. The maximum absolute atomic E-state index is 10.4. The van der Waals surface area contributed by atoms with Crippen LogP contribution < -0.4 is 0 Å². The zero-order valence-corrected chi connectivity index (χ0v) is 11.2. The van der Waals surface area contributed by atoms with Gasteiger partial charge in [0.15, 0.2) is 0 Å². The van der Waals surface area contributed by atoms with Gasteiger partial charge in [-0.2, -0.15) is 0 Å². The molecule has 0 aliphatic heterocycles. The van der Waals surface area contributed by atoms with Gasteiger partial charge in [-0.15, -0.1) is 23.5 Å². The molecule has 0 saturated carbocycles. The van der Waals surface area contributed by atoms with Crippen LogP contribution >= 0.6 is 23.5 Å². The van der Waals surface area contributed by atoms with Gasteiger partial charge in [-0.05, 0) is 43.0 Å². The minimum Gasteiger partial charge on any atom is -0.481 e. The van der Waals surface area contributed by atoms with Crippen molar-refractivity contribution in [2.24, 2.45) is 0 Å². The normalized spacial score (nSPS) is 10.4. The van der Waals surface area contributed by atoms with Crippen molar-refractivity contribution >= 4 is 29.5 Å². The summed E-state index contributed by atoms with van der Waals surface area (Å²) in [5.74, 6) is -0.716. The van der Waals surface area contributed by atoms with E-state index in [4.69, 9.17) is 5.11 Å². The van der Waals surface area contributed by atoms with Crippen LogP contribution in [0.25, 0.3) is 0 Å². The maximum atomic E-state index is 10.4. The van der Waals surface area contributed by atoms with Crippen molar-refractivity contribution in [3.8, 4) is 0 Å². The van der Waals surface area contributed by atoms with E-state index in [1.165, 1.54) is 15.4 Å². The fourth-order valence-electron chi connectivity index (χ4n) is 1.49. The second kappa shape index (κ2) is 6.86. The summed E-state index contributed by atoms with van der Waals surface area (Å²) in [4.78, 5) is 13.0. The van der Waals surface area contributed by atoms with Gasteiger partial charge in [-0.1, -0.05) is 6.07 Å². The molecular formula is C12H16O2S2. The zero-order valence-electron chi connectivity index (χ0n) is 9.53. The van der Waals surface area contributed by atoms with E-state index in [1.54, 1.807) is 23.5 Å². The molecule has 1 N–H and O–H groups in total. The highest BCUT2D eigenvalue weighted by molar-refractivity contribution is 7.99. The highest BCUT2D eigenvalue weighted by Gasteiger charge is 2.04. The number of aliphatic carboxylic acids is 1. The predicted octanol–water partition coefficient (Wildman–Crippen LogP) is 3.54. The average Bonchev–Trinajstić information content (AvgIpc) is 2.29. The molecule has 0 fully saturated rings. The number of hydrogen-bond acceptors (Lipinski definition) is 3. The first-order valence-corrected chi connectivity index (χ1v) is 7.55. The second-order valence-corrected chi connectivity index (χ2v) is 5.15. The fraction of sp³-hybridized carbons (Fsp3) is 0.417. The number of carboxylic acids is 1. The van der Waals surface area contributed by atoms with Crippen LogP contribution in [0.2, 0.25) is 0 Å². The lowest BCUT2D eigenvalue weighted by Crippen LogP contribution is -1.96. The molecule has 2 nitrogen and oxygen atoms in total. The number of carbonyl (C=O) groups is 1. The molecule has 0 amide bonds. The van der Waals surface area contributed by atoms with Gasteiger partial charge in [0.1, 0.15) is 0 Å². The van der Waals surface area contributed by atoms with E-state index in [2.05, 4.69) is 30.7 Å². The average molecular weight is 256 g/mol. The van der Waals surface area contributed by atoms with Crippen LogP contribution in [0.5, 0.6) is 0 Å². The summed E-state index contributed by atoms with van der Waals surface area (Å²) in [6, 6.07) is 6.38. The van der Waals surface area contributed by atoms with Gasteiger partial charge in [0.25, 0.3) is 0 Å². The Bertz CT molecular complexity index is 364. The number of carboxylic acid groups (broad SMARTS) is 1. The minimum absolute atomic E-state index is 0.248. The molecule has 0 bridgehead atoms. The van der Waals surface area contributed by atoms with E-state index in [9.17, 15) is 4.79 Å². The van der Waals surface area contributed by atoms with Crippen molar-refractivity contribution in [2.75, 3.05) is 12.5 Å². The van der Waals surface area contributed by atoms with Gasteiger partial charge in [0.05, 0.1) is 0 Å². The Balaban J connectivity index is 2.68. The smallest absolute Gasteiger partial charge is 0.303 e. The second-order valence-electron chi connectivity index (χ2n) is 3.43. The van der Waals surface area contributed by atoms with E-state index in [0.29, 0.717) is 6.42 Å². The lowest BCUT2D eigenvalue weighted by atomic mass is 10.1. The Hall–Kier alpha value is -0.610. The lowest BCUT2D eigenvalue weighted by molar-refractivity contribution is -0.137. The van der Waals surface area contributed by atoms with Crippen LogP contribution in [0.15, 0.2) is 28.0 Å². The van der Waals surface area contributed by atoms with Gasteiger partial charge in [-0.3, -0.25) is 4.79 Å². The molecule has 0 heterocycles. The first-order chi connectivity index (χ1) is 7.67. The highest BCUT2D eigenvalue weighted by atomic mass is 32.2. The summed E-state index contributed by atoms with van der Waals surface area (Å²) in [7, 11) is 0. The molecular weight excluding hydrogens is 240 g/mol. The summed E-state index contributed by atoms with van der Waals surface area (Å²) < 4.78 is 0. The number of rotatable bonds is 6. The Morgan fingerprint density at radius 1 is 1.31 bits per heavy atom. The molecule has 0 aliphatic rings.